The predicted molar refractivity (Wildman–Crippen MR) is 95.1 cm³/mol. The molecule has 5 heterocycles. The number of nitrogens with zero attached hydrogens (tertiary/aromatic N) is 4. The molecular weight excluding hydrogens is 364 g/mol. The third-order valence-electron chi connectivity index (χ3n) is 6.54. The van der Waals surface area contributed by atoms with Gasteiger partial charge in [0.05, 0.1) is 0 Å². The summed E-state index contributed by atoms with van der Waals surface area (Å²) < 4.78 is 0. The van der Waals surface area contributed by atoms with Crippen molar-refractivity contribution in [2.24, 2.45) is 0 Å². The van der Waals surface area contributed by atoms with Crippen LogP contribution in [0.2, 0.25) is 0 Å². The second-order valence-corrected chi connectivity index (χ2v) is 7.79. The molecular formula is C18H30N6O4+2. The van der Waals surface area contributed by atoms with E-state index in [0.29, 0.717) is 25.7 Å². The molecule has 0 radical (unpaired) electrons. The highest BCUT2D eigenvalue weighted by molar-refractivity contribution is 5.84. The van der Waals surface area contributed by atoms with E-state index >= 15 is 0 Å². The Bertz CT molecular complexity index is 613. The van der Waals surface area contributed by atoms with Crippen LogP contribution in [0, 0.1) is 0 Å². The van der Waals surface area contributed by atoms with E-state index in [0.717, 1.165) is 0 Å². The molecule has 0 spiro atoms. The summed E-state index contributed by atoms with van der Waals surface area (Å²) in [6.45, 7) is 7.20. The van der Waals surface area contributed by atoms with Crippen LogP contribution in [0.5, 0.6) is 0 Å². The van der Waals surface area contributed by atoms with Crippen LogP contribution in [0.15, 0.2) is 0 Å². The first-order valence-electron chi connectivity index (χ1n) is 10.4. The molecule has 5 rings (SSSR count). The van der Waals surface area contributed by atoms with Crippen LogP contribution in [0.1, 0.15) is 53.4 Å². The molecule has 0 aliphatic carbocycles. The number of hydrogen-bond acceptors (Lipinski definition) is 4. The van der Waals surface area contributed by atoms with Crippen LogP contribution < -0.4 is 10.6 Å². The summed E-state index contributed by atoms with van der Waals surface area (Å²) in [5.74, 6) is -0.241. The molecule has 5 saturated heterocycles. The molecule has 0 aromatic heterocycles. The first-order valence-corrected chi connectivity index (χ1v) is 10.4. The van der Waals surface area contributed by atoms with E-state index in [2.05, 4.69) is 0 Å². The molecule has 5 aliphatic rings. The summed E-state index contributed by atoms with van der Waals surface area (Å²) in [5, 5.41) is 4.05. The minimum atomic E-state index is -0.633. The summed E-state index contributed by atoms with van der Waals surface area (Å²) in [7, 11) is 0. The maximum absolute atomic E-state index is 12.9. The highest BCUT2D eigenvalue weighted by Crippen LogP contribution is 2.39. The fraction of sp³-hybridized carbons (Fsp3) is 0.778. The summed E-state index contributed by atoms with van der Waals surface area (Å²) in [6.07, 6.45) is -1.00. The van der Waals surface area contributed by atoms with Crippen molar-refractivity contribution in [1.82, 2.24) is 19.6 Å². The molecule has 5 fully saturated rings. The molecule has 6 bridgehead atoms. The minimum absolute atomic E-state index is 0.0603. The van der Waals surface area contributed by atoms with Gasteiger partial charge in [-0.2, -0.15) is 0 Å². The van der Waals surface area contributed by atoms with E-state index in [-0.39, 0.29) is 48.3 Å². The van der Waals surface area contributed by atoms with Gasteiger partial charge < -0.3 is 0 Å². The zero-order valence-electron chi connectivity index (χ0n) is 16.9. The van der Waals surface area contributed by atoms with E-state index in [1.807, 2.05) is 10.6 Å². The summed E-state index contributed by atoms with van der Waals surface area (Å²) in [6, 6.07) is 0. The van der Waals surface area contributed by atoms with Crippen LogP contribution in [0.3, 0.4) is 0 Å². The molecule has 5 aliphatic heterocycles. The van der Waals surface area contributed by atoms with E-state index in [9.17, 15) is 19.2 Å². The quantitative estimate of drug-likeness (QED) is 0.532. The van der Waals surface area contributed by atoms with Crippen LogP contribution in [-0.4, -0.2) is 80.2 Å². The lowest BCUT2D eigenvalue weighted by atomic mass is 10.1. The largest absolute Gasteiger partial charge is 0.293 e. The van der Waals surface area contributed by atoms with Gasteiger partial charge in [-0.3, -0.25) is 49.4 Å². The molecule has 6 atom stereocenters. The number of carbonyl (C=O) groups excluding carboxylic acids is 4. The lowest BCUT2D eigenvalue weighted by Crippen LogP contribution is -3.20. The smallest absolute Gasteiger partial charge is 0.241 e. The Kier molecular flexibility index (Phi) is 4.58. The maximum atomic E-state index is 12.9. The van der Waals surface area contributed by atoms with Gasteiger partial charge in [0.15, 0.2) is 12.3 Å². The third kappa shape index (κ3) is 2.27. The number of hydrogen-bond donors (Lipinski definition) is 2. The lowest BCUT2D eigenvalue weighted by molar-refractivity contribution is -0.895. The zero-order chi connectivity index (χ0) is 20.3. The third-order valence-corrected chi connectivity index (χ3v) is 6.54. The molecule has 10 heteroatoms. The fourth-order valence-electron chi connectivity index (χ4n) is 5.42. The normalized spacial score (nSPS) is 35.0. The highest BCUT2D eigenvalue weighted by Gasteiger charge is 2.75. The summed E-state index contributed by atoms with van der Waals surface area (Å²) in [4.78, 5) is 58.7. The number of carbonyl (C=O) groups is 4. The van der Waals surface area contributed by atoms with Gasteiger partial charge in [-0.05, 0) is 0 Å². The van der Waals surface area contributed by atoms with Gasteiger partial charge in [-0.25, -0.2) is 0 Å². The van der Waals surface area contributed by atoms with Gasteiger partial charge in [0.2, 0.25) is 48.3 Å². The maximum Gasteiger partial charge on any atom is 0.241 e. The van der Waals surface area contributed by atoms with Crippen molar-refractivity contribution in [2.75, 3.05) is 0 Å². The SMILES string of the molecule is CCC(=O)N1C2C3N(C(=O)CC)[C@@H]4[NH2+][C@@H]1[C@@H]([NH2+][C@@H]4N3C(=O)CC)N2C(=O)CC. The van der Waals surface area contributed by atoms with E-state index < -0.39 is 12.3 Å². The zero-order valence-corrected chi connectivity index (χ0v) is 16.9. The number of piperazine rings is 1. The Labute approximate surface area is 164 Å². The van der Waals surface area contributed by atoms with Gasteiger partial charge in [0.1, 0.15) is 0 Å². The lowest BCUT2D eigenvalue weighted by Gasteiger charge is -2.38. The molecule has 0 aromatic rings. The number of nitrogens with two attached hydrogens (primary N) is 2. The van der Waals surface area contributed by atoms with Crippen molar-refractivity contribution in [2.45, 2.75) is 90.4 Å². The average molecular weight is 394 g/mol. The van der Waals surface area contributed by atoms with Crippen molar-refractivity contribution in [1.29, 1.82) is 0 Å². The second kappa shape index (κ2) is 6.70. The van der Waals surface area contributed by atoms with Crippen molar-refractivity contribution in [3.63, 3.8) is 0 Å². The van der Waals surface area contributed by atoms with Gasteiger partial charge in [-0.1, -0.05) is 27.7 Å². The Morgan fingerprint density at radius 3 is 0.929 bits per heavy atom. The fourth-order valence-corrected chi connectivity index (χ4v) is 5.42. The highest BCUT2D eigenvalue weighted by atomic mass is 16.2. The second-order valence-electron chi connectivity index (χ2n) is 7.79. The molecule has 10 nitrogen and oxygen atoms in total. The average Bonchev–Trinajstić information content (AvgIpc) is 3.12. The first kappa shape index (κ1) is 19.1. The van der Waals surface area contributed by atoms with E-state index in [4.69, 9.17) is 0 Å². The van der Waals surface area contributed by atoms with Crippen LogP contribution in [-0.2, 0) is 19.2 Å². The first-order chi connectivity index (χ1) is 13.4. The molecule has 28 heavy (non-hydrogen) atoms. The summed E-state index contributed by atoms with van der Waals surface area (Å²) in [5.41, 5.74) is 0. The van der Waals surface area contributed by atoms with Crippen molar-refractivity contribution in [3.05, 3.63) is 0 Å². The molecule has 2 unspecified atom stereocenters. The van der Waals surface area contributed by atoms with Crippen molar-refractivity contribution >= 4 is 23.6 Å². The Hall–Kier alpha value is -2.20. The Morgan fingerprint density at radius 1 is 0.536 bits per heavy atom. The monoisotopic (exact) mass is 394 g/mol. The molecule has 4 amide bonds. The minimum Gasteiger partial charge on any atom is -0.293 e. The van der Waals surface area contributed by atoms with E-state index in [1.54, 1.807) is 47.3 Å². The van der Waals surface area contributed by atoms with Gasteiger partial charge in [-0.15, -0.1) is 0 Å². The van der Waals surface area contributed by atoms with Crippen LogP contribution >= 0.6 is 0 Å². The summed E-state index contributed by atoms with van der Waals surface area (Å²) >= 11 is 0. The van der Waals surface area contributed by atoms with Gasteiger partial charge in [0.25, 0.3) is 0 Å². The molecule has 154 valence electrons. The van der Waals surface area contributed by atoms with Gasteiger partial charge in [0, 0.05) is 25.7 Å². The van der Waals surface area contributed by atoms with Crippen molar-refractivity contribution in [3.8, 4) is 0 Å². The molecule has 0 saturated carbocycles. The number of amides is 4. The van der Waals surface area contributed by atoms with E-state index in [1.165, 1.54) is 0 Å². The predicted octanol–water partition coefficient (Wildman–Crippen LogP) is -2.92. The Balaban J connectivity index is 1.90. The van der Waals surface area contributed by atoms with Crippen LogP contribution in [0.4, 0.5) is 0 Å². The topological polar surface area (TPSA) is 114 Å². The Morgan fingerprint density at radius 2 is 0.750 bits per heavy atom. The molecule has 0 aromatic carbocycles. The van der Waals surface area contributed by atoms with Crippen LogP contribution in [0.25, 0.3) is 0 Å². The number of rotatable bonds is 4. The molecule has 4 N–H and O–H groups in total. The number of quaternary nitrogens is 2. The standard InChI is InChI=1S/C18H28N6O4/c1-5-9(25)21-13-14-20-16-15(19-13)23(11(27)7-3)18(24(16)12(28)8-4)17(21)22(14)10(26)6-2/h13-20H,5-8H2,1-4H3/p+2/t13-,14-,15-,16+,17?,18?/m0/s1. The van der Waals surface area contributed by atoms with Crippen molar-refractivity contribution < 1.29 is 29.8 Å². The van der Waals surface area contributed by atoms with Gasteiger partial charge >= 0.3 is 0 Å².